The zero-order chi connectivity index (χ0) is 12.5. The highest BCUT2D eigenvalue weighted by atomic mass is 16.2. The summed E-state index contributed by atoms with van der Waals surface area (Å²) in [6.45, 7) is 8.07. The second-order valence-corrected chi connectivity index (χ2v) is 5.94. The van der Waals surface area contributed by atoms with E-state index >= 15 is 0 Å². The molecule has 0 radical (unpaired) electrons. The highest BCUT2D eigenvalue weighted by Gasteiger charge is 2.48. The molecular formula is C13H25N3O. The number of carbonyl (C=O) groups excluding carboxylic acids is 1. The van der Waals surface area contributed by atoms with Gasteiger partial charge in [-0.1, -0.05) is 0 Å². The second kappa shape index (κ2) is 4.94. The van der Waals surface area contributed by atoms with E-state index < -0.39 is 0 Å². The Morgan fingerprint density at radius 2 is 2.24 bits per heavy atom. The maximum Gasteiger partial charge on any atom is 0.227 e. The minimum atomic E-state index is -0.198. The van der Waals surface area contributed by atoms with Crippen LogP contribution >= 0.6 is 0 Å². The maximum atomic E-state index is 11.9. The summed E-state index contributed by atoms with van der Waals surface area (Å²) < 4.78 is 0. The molecule has 17 heavy (non-hydrogen) atoms. The van der Waals surface area contributed by atoms with E-state index in [0.29, 0.717) is 18.5 Å². The summed E-state index contributed by atoms with van der Waals surface area (Å²) in [6.07, 6.45) is 3.14. The number of hydrogen-bond acceptors (Lipinski definition) is 3. The van der Waals surface area contributed by atoms with Crippen LogP contribution in [0.5, 0.6) is 0 Å². The van der Waals surface area contributed by atoms with Crippen molar-refractivity contribution in [3.8, 4) is 0 Å². The Bertz CT molecular complexity index is 286. The first-order chi connectivity index (χ1) is 8.07. The van der Waals surface area contributed by atoms with Crippen LogP contribution in [0.25, 0.3) is 0 Å². The van der Waals surface area contributed by atoms with Gasteiger partial charge in [0.1, 0.15) is 0 Å². The van der Waals surface area contributed by atoms with Crippen LogP contribution in [0.1, 0.15) is 33.1 Å². The number of likely N-dealkylation sites (tertiary alicyclic amines) is 1. The van der Waals surface area contributed by atoms with E-state index in [9.17, 15) is 4.79 Å². The third kappa shape index (κ3) is 2.80. The van der Waals surface area contributed by atoms with Gasteiger partial charge in [0.2, 0.25) is 5.91 Å². The average molecular weight is 239 g/mol. The summed E-state index contributed by atoms with van der Waals surface area (Å²) >= 11 is 0. The molecule has 2 fully saturated rings. The molecule has 1 amide bonds. The topological polar surface area (TPSA) is 58.4 Å². The molecule has 3 N–H and O–H groups in total. The number of amides is 1. The van der Waals surface area contributed by atoms with Gasteiger partial charge in [-0.25, -0.2) is 0 Å². The molecular weight excluding hydrogens is 214 g/mol. The fraction of sp³-hybridized carbons (Fsp3) is 0.923. The van der Waals surface area contributed by atoms with Gasteiger partial charge in [-0.2, -0.15) is 0 Å². The zero-order valence-corrected chi connectivity index (χ0v) is 11.0. The van der Waals surface area contributed by atoms with Crippen molar-refractivity contribution >= 4 is 5.91 Å². The van der Waals surface area contributed by atoms with Crippen molar-refractivity contribution in [3.05, 3.63) is 0 Å². The number of carbonyl (C=O) groups is 1. The summed E-state index contributed by atoms with van der Waals surface area (Å²) in [5, 5.41) is 3.09. The Kier molecular flexibility index (Phi) is 3.73. The summed E-state index contributed by atoms with van der Waals surface area (Å²) in [5.41, 5.74) is 5.45. The Morgan fingerprint density at radius 1 is 1.53 bits per heavy atom. The number of nitrogens with one attached hydrogen (secondary N) is 1. The van der Waals surface area contributed by atoms with Crippen LogP contribution in [-0.2, 0) is 4.79 Å². The number of nitrogens with zero attached hydrogens (tertiary/aromatic N) is 1. The molecule has 1 aliphatic heterocycles. The quantitative estimate of drug-likeness (QED) is 0.737. The third-order valence-electron chi connectivity index (χ3n) is 4.32. The van der Waals surface area contributed by atoms with Crippen LogP contribution in [0.15, 0.2) is 0 Å². The zero-order valence-electron chi connectivity index (χ0n) is 11.0. The van der Waals surface area contributed by atoms with Crippen LogP contribution in [0.3, 0.4) is 0 Å². The molecule has 0 aromatic rings. The molecule has 98 valence electrons. The largest absolute Gasteiger partial charge is 0.355 e. The lowest BCUT2D eigenvalue weighted by Gasteiger charge is -2.20. The van der Waals surface area contributed by atoms with Crippen molar-refractivity contribution in [3.63, 3.8) is 0 Å². The third-order valence-corrected chi connectivity index (χ3v) is 4.32. The summed E-state index contributed by atoms with van der Waals surface area (Å²) in [7, 11) is 0. The Hall–Kier alpha value is -0.610. The van der Waals surface area contributed by atoms with Crippen molar-refractivity contribution in [1.82, 2.24) is 10.2 Å². The molecule has 2 aliphatic rings. The van der Waals surface area contributed by atoms with Crippen LogP contribution in [0, 0.1) is 11.3 Å². The number of hydrogen-bond donors (Lipinski definition) is 2. The Balaban J connectivity index is 1.71. The minimum absolute atomic E-state index is 0.183. The number of rotatable bonds is 5. The first-order valence-corrected chi connectivity index (χ1v) is 6.80. The smallest absolute Gasteiger partial charge is 0.227 e. The van der Waals surface area contributed by atoms with E-state index in [4.69, 9.17) is 5.73 Å². The van der Waals surface area contributed by atoms with Crippen molar-refractivity contribution in [2.24, 2.45) is 17.1 Å². The second-order valence-electron chi connectivity index (χ2n) is 5.94. The van der Waals surface area contributed by atoms with Crippen LogP contribution in [-0.4, -0.2) is 43.0 Å². The molecule has 0 bridgehead atoms. The maximum absolute atomic E-state index is 11.9. The van der Waals surface area contributed by atoms with E-state index in [1.54, 1.807) is 0 Å². The normalized spacial score (nSPS) is 27.4. The van der Waals surface area contributed by atoms with Crippen LogP contribution in [0.2, 0.25) is 0 Å². The van der Waals surface area contributed by atoms with Gasteiger partial charge in [-0.05, 0) is 45.6 Å². The van der Waals surface area contributed by atoms with Gasteiger partial charge in [0.05, 0.1) is 5.41 Å². The summed E-state index contributed by atoms with van der Waals surface area (Å²) in [4.78, 5) is 14.4. The first kappa shape index (κ1) is 12.8. The molecule has 0 aromatic heterocycles. The van der Waals surface area contributed by atoms with Gasteiger partial charge in [0, 0.05) is 25.7 Å². The molecule has 1 saturated carbocycles. The first-order valence-electron chi connectivity index (χ1n) is 6.80. The van der Waals surface area contributed by atoms with Gasteiger partial charge < -0.3 is 16.0 Å². The lowest BCUT2D eigenvalue weighted by Crippen LogP contribution is -2.39. The minimum Gasteiger partial charge on any atom is -0.355 e. The molecule has 0 aromatic carbocycles. The van der Waals surface area contributed by atoms with E-state index in [1.165, 1.54) is 13.0 Å². The van der Waals surface area contributed by atoms with Gasteiger partial charge in [0.25, 0.3) is 0 Å². The van der Waals surface area contributed by atoms with Gasteiger partial charge in [-0.15, -0.1) is 0 Å². The van der Waals surface area contributed by atoms with Crippen molar-refractivity contribution < 1.29 is 4.79 Å². The van der Waals surface area contributed by atoms with E-state index in [0.717, 1.165) is 25.9 Å². The molecule has 2 rings (SSSR count). The van der Waals surface area contributed by atoms with Crippen molar-refractivity contribution in [1.29, 1.82) is 0 Å². The Labute approximate surface area is 104 Å². The highest BCUT2D eigenvalue weighted by molar-refractivity contribution is 5.85. The van der Waals surface area contributed by atoms with Gasteiger partial charge in [-0.3, -0.25) is 4.79 Å². The predicted octanol–water partition coefficient (Wildman–Crippen LogP) is 0.572. The van der Waals surface area contributed by atoms with E-state index in [1.807, 2.05) is 0 Å². The molecule has 1 atom stereocenters. The van der Waals surface area contributed by atoms with Gasteiger partial charge in [0.15, 0.2) is 0 Å². The fourth-order valence-corrected chi connectivity index (χ4v) is 2.60. The molecule has 1 aliphatic carbocycles. The molecule has 1 heterocycles. The fourth-order valence-electron chi connectivity index (χ4n) is 2.60. The van der Waals surface area contributed by atoms with Crippen LogP contribution < -0.4 is 11.1 Å². The van der Waals surface area contributed by atoms with Gasteiger partial charge >= 0.3 is 0 Å². The van der Waals surface area contributed by atoms with Crippen molar-refractivity contribution in [2.75, 3.05) is 26.2 Å². The number of nitrogens with two attached hydrogens (primary N) is 1. The lowest BCUT2D eigenvalue weighted by atomic mass is 10.1. The highest BCUT2D eigenvalue weighted by Crippen LogP contribution is 2.44. The summed E-state index contributed by atoms with van der Waals surface area (Å²) in [6, 6.07) is 0.620. The van der Waals surface area contributed by atoms with E-state index in [-0.39, 0.29) is 11.3 Å². The van der Waals surface area contributed by atoms with Crippen molar-refractivity contribution in [2.45, 2.75) is 39.2 Å². The van der Waals surface area contributed by atoms with Crippen LogP contribution in [0.4, 0.5) is 0 Å². The Morgan fingerprint density at radius 3 is 2.71 bits per heavy atom. The monoisotopic (exact) mass is 239 g/mol. The summed E-state index contributed by atoms with van der Waals surface area (Å²) in [5.74, 6) is 0.804. The molecule has 1 saturated heterocycles. The SMILES string of the molecule is CC(C)N1CCC(CNC(=O)C2(CN)CC2)C1. The molecule has 4 nitrogen and oxygen atoms in total. The van der Waals surface area contributed by atoms with E-state index in [2.05, 4.69) is 24.1 Å². The molecule has 0 spiro atoms. The lowest BCUT2D eigenvalue weighted by molar-refractivity contribution is -0.126. The molecule has 4 heteroatoms. The standard InChI is InChI=1S/C13H25N3O/c1-10(2)16-6-3-11(8-16)7-15-12(17)13(9-14)4-5-13/h10-11H,3-9,14H2,1-2H3,(H,15,17). The molecule has 1 unspecified atom stereocenters. The predicted molar refractivity (Wildman–Crippen MR) is 68.5 cm³/mol. The average Bonchev–Trinajstić information content (AvgIpc) is 2.97.